The summed E-state index contributed by atoms with van der Waals surface area (Å²) < 4.78 is 17.7. The van der Waals surface area contributed by atoms with Crippen LogP contribution in [0.1, 0.15) is 79.1 Å². The molecule has 0 aromatic rings. The van der Waals surface area contributed by atoms with Gasteiger partial charge in [0.25, 0.3) is 0 Å². The van der Waals surface area contributed by atoms with E-state index < -0.39 is 8.03 Å². The first-order chi connectivity index (χ1) is 9.17. The number of hydrogen-bond acceptors (Lipinski definition) is 2. The van der Waals surface area contributed by atoms with Crippen LogP contribution in [0.3, 0.4) is 0 Å². The molecule has 122 valence electrons. The summed E-state index contributed by atoms with van der Waals surface area (Å²) in [6.45, 7) is 9.54. The molecule has 20 heavy (non-hydrogen) atoms. The van der Waals surface area contributed by atoms with Gasteiger partial charge in [-0.2, -0.15) is 0 Å². The third-order valence-electron chi connectivity index (χ3n) is 4.02. The van der Waals surface area contributed by atoms with Crippen LogP contribution in [0, 0.1) is 11.8 Å². The fraction of sp³-hybridized carbons (Fsp3) is 1.00. The fourth-order valence-electron chi connectivity index (χ4n) is 2.35. The molecule has 0 N–H and O–H groups in total. The molecule has 3 unspecified atom stereocenters. The molecule has 0 rings (SSSR count). The van der Waals surface area contributed by atoms with Crippen molar-refractivity contribution in [2.24, 2.45) is 11.8 Å². The van der Waals surface area contributed by atoms with E-state index in [4.69, 9.17) is 4.52 Å². The van der Waals surface area contributed by atoms with Crippen LogP contribution < -0.4 is 0 Å². The van der Waals surface area contributed by atoms with Crippen molar-refractivity contribution < 1.29 is 30.2 Å². The first kappa shape index (κ1) is 23.1. The maximum Gasteiger partial charge on any atom is 0.191 e. The second kappa shape index (κ2) is 16.3. The Labute approximate surface area is 142 Å². The summed E-state index contributed by atoms with van der Waals surface area (Å²) >= 11 is 0. The van der Waals surface area contributed by atoms with Crippen LogP contribution in [0.25, 0.3) is 0 Å². The Bertz CT molecular complexity index is 225. The number of hydrogen-bond donors (Lipinski definition) is 0. The predicted molar refractivity (Wildman–Crippen MR) is 86.4 cm³/mol. The molecule has 0 bridgehead atoms. The summed E-state index contributed by atoms with van der Waals surface area (Å²) in [7, 11) is -1.81. The van der Waals surface area contributed by atoms with Crippen molar-refractivity contribution in [1.29, 1.82) is 0 Å². The van der Waals surface area contributed by atoms with Gasteiger partial charge in [0.15, 0.2) is 8.03 Å². The van der Waals surface area contributed by atoms with Crippen LogP contribution in [-0.4, -0.2) is 12.8 Å². The van der Waals surface area contributed by atoms with Crippen molar-refractivity contribution in [3.05, 3.63) is 0 Å². The van der Waals surface area contributed by atoms with E-state index in [2.05, 4.69) is 27.7 Å². The molecular weight excluding hydrogens is 351 g/mol. The van der Waals surface area contributed by atoms with Gasteiger partial charge in [0.1, 0.15) is 0 Å². The number of rotatable bonds is 13. The Morgan fingerprint density at radius 1 is 0.900 bits per heavy atom. The first-order valence-electron chi connectivity index (χ1n) is 8.33. The summed E-state index contributed by atoms with van der Waals surface area (Å²) in [5, 5.41) is 0. The van der Waals surface area contributed by atoms with Gasteiger partial charge < -0.3 is 4.52 Å². The van der Waals surface area contributed by atoms with Gasteiger partial charge in [-0.15, -0.1) is 0 Å². The molecular formula is C16H35MoO2P. The molecule has 3 atom stereocenters. The molecule has 0 amide bonds. The van der Waals surface area contributed by atoms with Crippen LogP contribution >= 0.6 is 8.03 Å². The summed E-state index contributed by atoms with van der Waals surface area (Å²) in [5.41, 5.74) is 0. The number of unbranched alkanes of at least 4 members (excludes halogenated alkanes) is 2. The monoisotopic (exact) mass is 388 g/mol. The molecule has 2 nitrogen and oxygen atoms in total. The molecule has 0 aliphatic heterocycles. The third-order valence-corrected chi connectivity index (χ3v) is 5.42. The Hall–Kier alpha value is 0.878. The Kier molecular flexibility index (Phi) is 18.8. The smallest absolute Gasteiger partial charge is 0.191 e. The fourth-order valence-corrected chi connectivity index (χ4v) is 3.85. The minimum atomic E-state index is -1.81. The Morgan fingerprint density at radius 3 is 1.85 bits per heavy atom. The molecule has 0 aromatic carbocycles. The van der Waals surface area contributed by atoms with E-state index in [0.717, 1.165) is 19.0 Å². The predicted octanol–water partition coefficient (Wildman–Crippen LogP) is 5.91. The van der Waals surface area contributed by atoms with E-state index in [-0.39, 0.29) is 21.1 Å². The maximum atomic E-state index is 12.0. The van der Waals surface area contributed by atoms with Crippen molar-refractivity contribution in [3.63, 3.8) is 0 Å². The van der Waals surface area contributed by atoms with Crippen molar-refractivity contribution >= 4 is 8.03 Å². The van der Waals surface area contributed by atoms with E-state index in [0.29, 0.717) is 18.4 Å². The average Bonchev–Trinajstić information content (AvgIpc) is 2.43. The minimum Gasteiger partial charge on any atom is -0.330 e. The van der Waals surface area contributed by atoms with Crippen LogP contribution in [0.5, 0.6) is 0 Å². The van der Waals surface area contributed by atoms with E-state index in [1.807, 2.05) is 0 Å². The molecule has 0 radical (unpaired) electrons. The van der Waals surface area contributed by atoms with E-state index >= 15 is 0 Å². The second-order valence-corrected chi connectivity index (χ2v) is 7.16. The molecule has 0 spiro atoms. The molecule has 0 heterocycles. The van der Waals surface area contributed by atoms with Gasteiger partial charge in [-0.05, 0) is 24.7 Å². The quantitative estimate of drug-likeness (QED) is 0.291. The van der Waals surface area contributed by atoms with Gasteiger partial charge in [-0.25, -0.2) is 0 Å². The molecule has 0 fully saturated rings. The van der Waals surface area contributed by atoms with Crippen molar-refractivity contribution in [3.8, 4) is 0 Å². The molecule has 0 saturated carbocycles. The standard InChI is InChI=1S/C16H35O2P.Mo/c1-5-9-11-15(7-3)13-18-19(17)14-16(8-4)12-10-6-2;/h15-16,19H,5-14H2,1-4H3;. The molecule has 0 saturated heterocycles. The maximum absolute atomic E-state index is 12.0. The third kappa shape index (κ3) is 12.6. The minimum absolute atomic E-state index is 0. The van der Waals surface area contributed by atoms with E-state index in [9.17, 15) is 4.57 Å². The Morgan fingerprint density at radius 2 is 1.40 bits per heavy atom. The molecule has 4 heteroatoms. The molecule has 0 aliphatic carbocycles. The molecule has 0 aliphatic rings. The van der Waals surface area contributed by atoms with Crippen LogP contribution in [0.2, 0.25) is 0 Å². The first-order valence-corrected chi connectivity index (χ1v) is 9.85. The van der Waals surface area contributed by atoms with E-state index in [1.165, 1.54) is 38.5 Å². The van der Waals surface area contributed by atoms with Crippen LogP contribution in [-0.2, 0) is 30.2 Å². The normalized spacial score (nSPS) is 15.4. The van der Waals surface area contributed by atoms with Crippen molar-refractivity contribution in [2.75, 3.05) is 12.8 Å². The SMILES string of the molecule is CCCCC(CC)CO[PH](=O)CC(CC)CCCC.[Mo]. The molecule has 0 aromatic heterocycles. The summed E-state index contributed by atoms with van der Waals surface area (Å²) in [5.74, 6) is 1.20. The second-order valence-electron chi connectivity index (χ2n) is 5.72. The van der Waals surface area contributed by atoms with Crippen LogP contribution in [0.15, 0.2) is 0 Å². The van der Waals surface area contributed by atoms with Gasteiger partial charge in [-0.1, -0.05) is 66.2 Å². The zero-order valence-corrected chi connectivity index (χ0v) is 17.0. The van der Waals surface area contributed by atoms with Gasteiger partial charge >= 0.3 is 0 Å². The van der Waals surface area contributed by atoms with Gasteiger partial charge in [0.05, 0.1) is 6.61 Å². The van der Waals surface area contributed by atoms with Gasteiger partial charge in [0.2, 0.25) is 0 Å². The topological polar surface area (TPSA) is 26.3 Å². The van der Waals surface area contributed by atoms with Gasteiger partial charge in [-0.3, -0.25) is 4.57 Å². The summed E-state index contributed by atoms with van der Waals surface area (Å²) in [6.07, 6.45) is 10.5. The zero-order chi connectivity index (χ0) is 14.5. The zero-order valence-electron chi connectivity index (χ0n) is 14.0. The van der Waals surface area contributed by atoms with Gasteiger partial charge in [0, 0.05) is 27.2 Å². The summed E-state index contributed by atoms with van der Waals surface area (Å²) in [6, 6.07) is 0. The average molecular weight is 386 g/mol. The van der Waals surface area contributed by atoms with Crippen molar-refractivity contribution in [2.45, 2.75) is 79.1 Å². The van der Waals surface area contributed by atoms with E-state index in [1.54, 1.807) is 0 Å². The largest absolute Gasteiger partial charge is 0.330 e. The Balaban J connectivity index is 0. The van der Waals surface area contributed by atoms with Crippen LogP contribution in [0.4, 0.5) is 0 Å². The summed E-state index contributed by atoms with van der Waals surface area (Å²) in [4.78, 5) is 0. The van der Waals surface area contributed by atoms with Crippen molar-refractivity contribution in [1.82, 2.24) is 0 Å².